The number of thioether (sulfide) groups is 1. The number of carbonyl (C=O) groups is 1. The predicted molar refractivity (Wildman–Crippen MR) is 108 cm³/mol. The number of hydrogen-bond acceptors (Lipinski definition) is 9. The lowest BCUT2D eigenvalue weighted by Gasteiger charge is -2.04. The minimum Gasteiger partial charge on any atom is -0.364 e. The van der Waals surface area contributed by atoms with Gasteiger partial charge in [-0.25, -0.2) is 13.4 Å². The van der Waals surface area contributed by atoms with E-state index in [0.717, 1.165) is 22.6 Å². The summed E-state index contributed by atoms with van der Waals surface area (Å²) < 4.78 is 23.2. The Kier molecular flexibility index (Phi) is 6.81. The molecule has 0 fully saturated rings. The number of anilines is 2. The van der Waals surface area contributed by atoms with Gasteiger partial charge in [-0.15, -0.1) is 11.3 Å². The summed E-state index contributed by atoms with van der Waals surface area (Å²) in [5, 5.41) is 8.95. The highest BCUT2D eigenvalue weighted by Gasteiger charge is 2.21. The third kappa shape index (κ3) is 5.31. The predicted octanol–water partition coefficient (Wildman–Crippen LogP) is 2.76. The number of nitrogens with zero attached hydrogens (tertiary/aromatic N) is 1. The fourth-order valence-corrected chi connectivity index (χ4v) is 4.55. The summed E-state index contributed by atoms with van der Waals surface area (Å²) in [7, 11) is -3.23. The molecule has 4 N–H and O–H groups in total. The van der Waals surface area contributed by atoms with Gasteiger partial charge in [0.15, 0.2) is 15.0 Å². The smallest absolute Gasteiger partial charge is 0.187 e. The summed E-state index contributed by atoms with van der Waals surface area (Å²) in [6, 6.07) is 6.69. The molecule has 1 aromatic heterocycles. The Labute approximate surface area is 161 Å². The molecule has 2 aromatic rings. The number of aromatic nitrogens is 1. The summed E-state index contributed by atoms with van der Waals surface area (Å²) in [4.78, 5) is 14.7. The second-order valence-corrected chi connectivity index (χ2v) is 9.36. The first kappa shape index (κ1) is 20.4. The van der Waals surface area contributed by atoms with Crippen LogP contribution in [0.3, 0.4) is 0 Å². The summed E-state index contributed by atoms with van der Waals surface area (Å²) >= 11 is 3.00. The zero-order valence-electron chi connectivity index (χ0n) is 14.5. The molecule has 10 heteroatoms. The number of allylic oxidation sites excluding steroid dienone is 1. The van der Waals surface area contributed by atoms with E-state index < -0.39 is 9.84 Å². The van der Waals surface area contributed by atoms with Crippen molar-refractivity contribution in [2.75, 3.05) is 11.6 Å². The number of nitrogens with two attached hydrogens (primary N) is 1. The number of thiazole rings is 1. The van der Waals surface area contributed by atoms with Crippen LogP contribution in [0.2, 0.25) is 0 Å². The van der Waals surface area contributed by atoms with E-state index in [0.29, 0.717) is 10.8 Å². The summed E-state index contributed by atoms with van der Waals surface area (Å²) in [5.41, 5.74) is 8.27. The van der Waals surface area contributed by atoms with Gasteiger partial charge in [-0.2, -0.15) is 0 Å². The van der Waals surface area contributed by atoms with E-state index in [1.165, 1.54) is 36.3 Å². The third-order valence-corrected chi connectivity index (χ3v) is 6.19. The molecule has 0 radical (unpaired) electrons. The van der Waals surface area contributed by atoms with Crippen molar-refractivity contribution in [1.82, 2.24) is 10.3 Å². The number of nitrogens with one attached hydrogen (secondary N) is 2. The lowest BCUT2D eigenvalue weighted by atomic mass is 10.3. The summed E-state index contributed by atoms with van der Waals surface area (Å²) in [5.74, 6) is 0. The largest absolute Gasteiger partial charge is 0.364 e. The molecule has 0 bridgehead atoms. The van der Waals surface area contributed by atoms with Crippen LogP contribution < -0.4 is 16.4 Å². The van der Waals surface area contributed by atoms with E-state index in [1.807, 2.05) is 18.4 Å². The molecule has 1 atom stereocenters. The molecule has 1 unspecified atom stereocenters. The van der Waals surface area contributed by atoms with Gasteiger partial charge >= 0.3 is 0 Å². The number of carbonyl (C=O) groups excluding carboxylic acids is 1. The zero-order valence-corrected chi connectivity index (χ0v) is 17.0. The monoisotopic (exact) mass is 412 g/mol. The van der Waals surface area contributed by atoms with E-state index in [1.54, 1.807) is 18.2 Å². The fourth-order valence-electron chi connectivity index (χ4n) is 2.14. The lowest BCUT2D eigenvalue weighted by molar-refractivity contribution is -0.106. The molecule has 140 valence electrons. The van der Waals surface area contributed by atoms with Crippen molar-refractivity contribution in [3.05, 3.63) is 41.0 Å². The highest BCUT2D eigenvalue weighted by atomic mass is 32.2. The first-order valence-corrected chi connectivity index (χ1v) is 11.2. The first-order valence-electron chi connectivity index (χ1n) is 7.57. The van der Waals surface area contributed by atoms with Gasteiger partial charge in [0.1, 0.15) is 11.8 Å². The number of sulfone groups is 1. The van der Waals surface area contributed by atoms with Crippen LogP contribution in [0.5, 0.6) is 0 Å². The minimum absolute atomic E-state index is 0.144. The molecule has 0 amide bonds. The van der Waals surface area contributed by atoms with Gasteiger partial charge in [0.05, 0.1) is 15.5 Å². The van der Waals surface area contributed by atoms with Gasteiger partial charge in [0, 0.05) is 23.0 Å². The normalized spacial score (nSPS) is 16.5. The minimum atomic E-state index is -3.23. The van der Waals surface area contributed by atoms with Crippen LogP contribution in [0, 0.1) is 0 Å². The Morgan fingerprint density at radius 1 is 1.38 bits per heavy atom. The molecule has 1 aliphatic heterocycles. The molecular weight excluding hydrogens is 392 g/mol. The topological polar surface area (TPSA) is 114 Å². The van der Waals surface area contributed by atoms with Crippen LogP contribution in [0.4, 0.5) is 10.8 Å². The number of benzene rings is 1. The van der Waals surface area contributed by atoms with Crippen molar-refractivity contribution in [2.24, 2.45) is 5.73 Å². The Bertz CT molecular complexity index is 922. The highest BCUT2D eigenvalue weighted by molar-refractivity contribution is 8.09. The molecule has 7 nitrogen and oxygen atoms in total. The quantitative estimate of drug-likeness (QED) is 0.657. The molecule has 0 spiro atoms. The molecule has 26 heavy (non-hydrogen) atoms. The van der Waals surface area contributed by atoms with Crippen LogP contribution in [-0.4, -0.2) is 31.4 Å². The van der Waals surface area contributed by atoms with Crippen molar-refractivity contribution in [3.63, 3.8) is 0 Å². The van der Waals surface area contributed by atoms with Crippen LogP contribution in [0.25, 0.3) is 4.91 Å². The SMILES string of the molecule is CC1=C(c2csc(Nc3cccc(S(C)(=O)=O)c3)n2)SC(N)N1.CC=O. The second-order valence-electron chi connectivity index (χ2n) is 5.34. The van der Waals surface area contributed by atoms with Crippen LogP contribution in [0.1, 0.15) is 19.5 Å². The van der Waals surface area contributed by atoms with E-state index >= 15 is 0 Å². The molecule has 2 heterocycles. The second kappa shape index (κ2) is 8.67. The summed E-state index contributed by atoms with van der Waals surface area (Å²) in [6.45, 7) is 3.41. The molecule has 0 saturated heterocycles. The molecule has 3 rings (SSSR count). The fraction of sp³-hybridized carbons (Fsp3) is 0.250. The molecule has 0 saturated carbocycles. The van der Waals surface area contributed by atoms with Gasteiger partial charge in [-0.05, 0) is 32.0 Å². The van der Waals surface area contributed by atoms with Crippen LogP contribution >= 0.6 is 23.1 Å². The maximum absolute atomic E-state index is 11.6. The van der Waals surface area contributed by atoms with E-state index in [2.05, 4.69) is 15.6 Å². The van der Waals surface area contributed by atoms with E-state index in [9.17, 15) is 8.42 Å². The molecule has 1 aliphatic rings. The van der Waals surface area contributed by atoms with Crippen LogP contribution in [0.15, 0.2) is 40.2 Å². The van der Waals surface area contributed by atoms with Gasteiger partial charge in [0.2, 0.25) is 0 Å². The number of hydrogen-bond donors (Lipinski definition) is 3. The van der Waals surface area contributed by atoms with E-state index in [-0.39, 0.29) is 10.4 Å². The Hall–Kier alpha value is -1.88. The van der Waals surface area contributed by atoms with Gasteiger partial charge in [0.25, 0.3) is 0 Å². The first-order chi connectivity index (χ1) is 12.2. The van der Waals surface area contributed by atoms with Gasteiger partial charge in [-0.1, -0.05) is 17.8 Å². The Morgan fingerprint density at radius 3 is 2.65 bits per heavy atom. The molecule has 0 aliphatic carbocycles. The maximum atomic E-state index is 11.6. The average molecular weight is 413 g/mol. The van der Waals surface area contributed by atoms with Gasteiger partial charge in [-0.3, -0.25) is 0 Å². The van der Waals surface area contributed by atoms with E-state index in [4.69, 9.17) is 10.5 Å². The highest BCUT2D eigenvalue weighted by Crippen LogP contribution is 2.37. The lowest BCUT2D eigenvalue weighted by Crippen LogP contribution is -2.28. The zero-order chi connectivity index (χ0) is 19.3. The number of rotatable bonds is 4. The molecule has 1 aromatic carbocycles. The van der Waals surface area contributed by atoms with Crippen molar-refractivity contribution < 1.29 is 13.2 Å². The Balaban J connectivity index is 0.000000758. The van der Waals surface area contributed by atoms with Gasteiger partial charge < -0.3 is 21.2 Å². The Morgan fingerprint density at radius 2 is 2.08 bits per heavy atom. The van der Waals surface area contributed by atoms with Crippen molar-refractivity contribution in [1.29, 1.82) is 0 Å². The number of aldehydes is 1. The van der Waals surface area contributed by atoms with Crippen molar-refractivity contribution in [3.8, 4) is 0 Å². The van der Waals surface area contributed by atoms with Crippen molar-refractivity contribution >= 4 is 54.9 Å². The van der Waals surface area contributed by atoms with Crippen molar-refractivity contribution in [2.45, 2.75) is 24.2 Å². The summed E-state index contributed by atoms with van der Waals surface area (Å²) in [6.07, 6.45) is 1.94. The third-order valence-electron chi connectivity index (χ3n) is 3.19. The maximum Gasteiger partial charge on any atom is 0.187 e. The molecular formula is C16H20N4O3S3. The standard InChI is InChI=1S/C14H16N4O2S3.C2H4O/c1-8-12(22-13(15)16-8)11-7-21-14(18-11)17-9-4-3-5-10(6-9)23(2,19)20;1-2-3/h3-7,13,16H,15H2,1-2H3,(H,17,18);2H,1H3. The van der Waals surface area contributed by atoms with Crippen LogP contribution in [-0.2, 0) is 14.6 Å². The average Bonchev–Trinajstić information content (AvgIpc) is 3.13.